The number of nitrogens with zero attached hydrogens (tertiary/aromatic N) is 2. The molecule has 0 radical (unpaired) electrons. The van der Waals surface area contributed by atoms with E-state index in [1.807, 2.05) is 31.3 Å². The van der Waals surface area contributed by atoms with E-state index in [2.05, 4.69) is 29.6 Å². The van der Waals surface area contributed by atoms with Crippen molar-refractivity contribution in [2.24, 2.45) is 7.05 Å². The summed E-state index contributed by atoms with van der Waals surface area (Å²) in [6, 6.07) is 7.89. The van der Waals surface area contributed by atoms with Crippen molar-refractivity contribution in [1.29, 1.82) is 0 Å². The van der Waals surface area contributed by atoms with Crippen molar-refractivity contribution in [3.05, 3.63) is 41.1 Å². The van der Waals surface area contributed by atoms with Gasteiger partial charge < -0.3 is 15.4 Å². The van der Waals surface area contributed by atoms with E-state index in [1.165, 1.54) is 5.56 Å². The number of fused-ring (bicyclic) bond motifs is 1. The molecule has 134 valence electrons. The number of aryl methyl sites for hydroxylation is 1. The van der Waals surface area contributed by atoms with Gasteiger partial charge in [-0.1, -0.05) is 26.0 Å². The zero-order valence-corrected chi connectivity index (χ0v) is 15.3. The van der Waals surface area contributed by atoms with Crippen molar-refractivity contribution in [1.82, 2.24) is 15.1 Å². The van der Waals surface area contributed by atoms with Crippen molar-refractivity contribution in [2.45, 2.75) is 45.8 Å². The van der Waals surface area contributed by atoms with E-state index in [-0.39, 0.29) is 5.91 Å². The van der Waals surface area contributed by atoms with Crippen LogP contribution in [-0.2, 0) is 24.8 Å². The zero-order valence-electron chi connectivity index (χ0n) is 15.3. The Kier molecular flexibility index (Phi) is 5.08. The fourth-order valence-electron chi connectivity index (χ4n) is 2.99. The lowest BCUT2D eigenvalue weighted by molar-refractivity contribution is -0.122. The number of rotatable bonds is 5. The van der Waals surface area contributed by atoms with Crippen molar-refractivity contribution in [3.8, 4) is 5.75 Å². The lowest BCUT2D eigenvalue weighted by Crippen LogP contribution is -2.32. The first-order chi connectivity index (χ1) is 12.0. The highest BCUT2D eigenvalue weighted by molar-refractivity contribution is 5.94. The molecule has 0 aliphatic carbocycles. The highest BCUT2D eigenvalue weighted by Gasteiger charge is 2.23. The highest BCUT2D eigenvalue weighted by Crippen LogP contribution is 2.23. The molecule has 1 amide bonds. The molecule has 2 heterocycles. The SMILES string of the molecule is CC(Oc1ccc(C(C)C)cc1)C(=O)Nc1c2c(nn1C)CCNC2. The smallest absolute Gasteiger partial charge is 0.266 e. The number of aromatic nitrogens is 2. The van der Waals surface area contributed by atoms with Gasteiger partial charge in [-0.25, -0.2) is 0 Å². The summed E-state index contributed by atoms with van der Waals surface area (Å²) in [6.07, 6.45) is 0.291. The Morgan fingerprint density at radius 3 is 2.68 bits per heavy atom. The second-order valence-electron chi connectivity index (χ2n) is 6.80. The van der Waals surface area contributed by atoms with Gasteiger partial charge >= 0.3 is 0 Å². The third-order valence-electron chi connectivity index (χ3n) is 4.54. The molecule has 0 saturated heterocycles. The molecule has 1 aromatic carbocycles. The van der Waals surface area contributed by atoms with Crippen LogP contribution in [0.3, 0.4) is 0 Å². The van der Waals surface area contributed by atoms with Crippen LogP contribution in [0.15, 0.2) is 24.3 Å². The average molecular weight is 342 g/mol. The van der Waals surface area contributed by atoms with E-state index in [0.717, 1.165) is 36.6 Å². The van der Waals surface area contributed by atoms with Gasteiger partial charge in [-0.15, -0.1) is 0 Å². The molecule has 1 aliphatic rings. The molecule has 0 saturated carbocycles. The summed E-state index contributed by atoms with van der Waals surface area (Å²) in [7, 11) is 1.85. The third-order valence-corrected chi connectivity index (χ3v) is 4.54. The minimum atomic E-state index is -0.591. The highest BCUT2D eigenvalue weighted by atomic mass is 16.5. The lowest BCUT2D eigenvalue weighted by atomic mass is 10.0. The number of hydrogen-bond donors (Lipinski definition) is 2. The topological polar surface area (TPSA) is 68.2 Å². The largest absolute Gasteiger partial charge is 0.481 e. The van der Waals surface area contributed by atoms with Gasteiger partial charge in [0.25, 0.3) is 5.91 Å². The Morgan fingerprint density at radius 2 is 2.00 bits per heavy atom. The van der Waals surface area contributed by atoms with E-state index in [4.69, 9.17) is 4.74 Å². The molecule has 6 heteroatoms. The molecule has 6 nitrogen and oxygen atoms in total. The van der Waals surface area contributed by atoms with Crippen molar-refractivity contribution >= 4 is 11.7 Å². The molecule has 2 N–H and O–H groups in total. The quantitative estimate of drug-likeness (QED) is 0.876. The minimum absolute atomic E-state index is 0.177. The molecular weight excluding hydrogens is 316 g/mol. The molecule has 25 heavy (non-hydrogen) atoms. The van der Waals surface area contributed by atoms with Crippen molar-refractivity contribution < 1.29 is 9.53 Å². The first kappa shape index (κ1) is 17.5. The second kappa shape index (κ2) is 7.27. The zero-order chi connectivity index (χ0) is 18.0. The van der Waals surface area contributed by atoms with E-state index < -0.39 is 6.10 Å². The van der Waals surface area contributed by atoms with E-state index in [0.29, 0.717) is 11.7 Å². The van der Waals surface area contributed by atoms with Gasteiger partial charge in [0.2, 0.25) is 0 Å². The molecular formula is C19H26N4O2. The number of carbonyl (C=O) groups excluding carboxylic acids is 1. The number of hydrogen-bond acceptors (Lipinski definition) is 4. The summed E-state index contributed by atoms with van der Waals surface area (Å²) in [4.78, 5) is 12.5. The van der Waals surface area contributed by atoms with Crippen LogP contribution in [0.1, 0.15) is 43.5 Å². The monoisotopic (exact) mass is 342 g/mol. The van der Waals surface area contributed by atoms with Gasteiger partial charge in [0.05, 0.1) is 5.69 Å². The van der Waals surface area contributed by atoms with Crippen LogP contribution in [0, 0.1) is 0 Å². The maximum absolute atomic E-state index is 12.5. The summed E-state index contributed by atoms with van der Waals surface area (Å²) in [6.45, 7) is 7.70. The summed E-state index contributed by atoms with van der Waals surface area (Å²) < 4.78 is 7.52. The van der Waals surface area contributed by atoms with Crippen molar-refractivity contribution in [2.75, 3.05) is 11.9 Å². The van der Waals surface area contributed by atoms with Crippen LogP contribution in [0.2, 0.25) is 0 Å². The molecule has 1 aromatic heterocycles. The third kappa shape index (κ3) is 3.85. The van der Waals surface area contributed by atoms with Crippen molar-refractivity contribution in [3.63, 3.8) is 0 Å². The van der Waals surface area contributed by atoms with Gasteiger partial charge in [-0.05, 0) is 30.5 Å². The van der Waals surface area contributed by atoms with Crippen LogP contribution in [0.5, 0.6) is 5.75 Å². The molecule has 0 spiro atoms. The Hall–Kier alpha value is -2.34. The number of carbonyl (C=O) groups is 1. The predicted molar refractivity (Wildman–Crippen MR) is 97.9 cm³/mol. The van der Waals surface area contributed by atoms with Crippen LogP contribution >= 0.6 is 0 Å². The molecule has 2 aromatic rings. The lowest BCUT2D eigenvalue weighted by Gasteiger charge is -2.17. The normalized spacial score (nSPS) is 14.9. The molecule has 0 fully saturated rings. The Bertz CT molecular complexity index is 750. The van der Waals surface area contributed by atoms with Gasteiger partial charge in [-0.2, -0.15) is 5.10 Å². The average Bonchev–Trinajstić information content (AvgIpc) is 2.91. The number of amides is 1. The summed E-state index contributed by atoms with van der Waals surface area (Å²) in [5.41, 5.74) is 3.36. The van der Waals surface area contributed by atoms with Gasteiger partial charge in [-0.3, -0.25) is 9.48 Å². The van der Waals surface area contributed by atoms with E-state index in [1.54, 1.807) is 11.6 Å². The van der Waals surface area contributed by atoms with E-state index in [9.17, 15) is 4.79 Å². The summed E-state index contributed by atoms with van der Waals surface area (Å²) in [5, 5.41) is 10.8. The maximum Gasteiger partial charge on any atom is 0.266 e. The van der Waals surface area contributed by atoms with Gasteiger partial charge in [0.15, 0.2) is 6.10 Å². The summed E-state index contributed by atoms with van der Waals surface area (Å²) in [5.74, 6) is 1.74. The molecule has 1 aliphatic heterocycles. The number of anilines is 1. The number of benzene rings is 1. The first-order valence-corrected chi connectivity index (χ1v) is 8.78. The van der Waals surface area contributed by atoms with E-state index >= 15 is 0 Å². The fraction of sp³-hybridized carbons (Fsp3) is 0.474. The van der Waals surface area contributed by atoms with Crippen LogP contribution in [-0.4, -0.2) is 28.3 Å². The molecule has 1 atom stereocenters. The minimum Gasteiger partial charge on any atom is -0.481 e. The number of ether oxygens (including phenoxy) is 1. The van der Waals surface area contributed by atoms with Crippen LogP contribution in [0.4, 0.5) is 5.82 Å². The van der Waals surface area contributed by atoms with Crippen LogP contribution < -0.4 is 15.4 Å². The van der Waals surface area contributed by atoms with Gasteiger partial charge in [0, 0.05) is 32.1 Å². The Labute approximate surface area is 148 Å². The predicted octanol–water partition coefficient (Wildman–Crippen LogP) is 2.60. The number of nitrogens with one attached hydrogen (secondary N) is 2. The first-order valence-electron chi connectivity index (χ1n) is 8.78. The second-order valence-corrected chi connectivity index (χ2v) is 6.80. The molecule has 1 unspecified atom stereocenters. The molecule has 3 rings (SSSR count). The fourth-order valence-corrected chi connectivity index (χ4v) is 2.99. The Balaban J connectivity index is 1.66. The maximum atomic E-state index is 12.5. The standard InChI is InChI=1S/C19H26N4O2/c1-12(2)14-5-7-15(8-6-14)25-13(3)19(24)21-18-16-11-20-10-9-17(16)22-23(18)4/h5-8,12-13,20H,9-11H2,1-4H3,(H,21,24). The molecule has 0 bridgehead atoms. The van der Waals surface area contributed by atoms with Crippen LogP contribution in [0.25, 0.3) is 0 Å². The summed E-state index contributed by atoms with van der Waals surface area (Å²) >= 11 is 0. The Morgan fingerprint density at radius 1 is 1.28 bits per heavy atom. The van der Waals surface area contributed by atoms with Gasteiger partial charge in [0.1, 0.15) is 11.6 Å².